The summed E-state index contributed by atoms with van der Waals surface area (Å²) in [5, 5.41) is 10.7. The Morgan fingerprint density at radius 3 is 2.84 bits per heavy atom. The number of hydrogen-bond donors (Lipinski definition) is 2. The van der Waals surface area contributed by atoms with Gasteiger partial charge in [-0.25, -0.2) is 0 Å². The van der Waals surface area contributed by atoms with Crippen molar-refractivity contribution in [3.63, 3.8) is 0 Å². The Balaban J connectivity index is 2.12. The molecule has 1 amide bonds. The molecular weight excluding hydrogens is 246 g/mol. The molecule has 7 heteroatoms. The highest BCUT2D eigenvalue weighted by Crippen LogP contribution is 2.16. The monoisotopic (exact) mass is 263 g/mol. The minimum atomic E-state index is -0.269. The van der Waals surface area contributed by atoms with Crippen LogP contribution in [-0.2, 0) is 13.1 Å². The smallest absolute Gasteiger partial charge is 0.272 e. The molecule has 0 aliphatic heterocycles. The lowest BCUT2D eigenvalue weighted by Gasteiger charge is -2.06. The van der Waals surface area contributed by atoms with E-state index in [1.807, 2.05) is 13.8 Å². The van der Waals surface area contributed by atoms with E-state index in [1.54, 1.807) is 17.7 Å². The van der Waals surface area contributed by atoms with Crippen LogP contribution >= 0.6 is 0 Å². The van der Waals surface area contributed by atoms with Crippen LogP contribution < -0.4 is 11.1 Å². The van der Waals surface area contributed by atoms with Crippen molar-refractivity contribution in [2.75, 3.05) is 5.73 Å². The Kier molecular flexibility index (Phi) is 3.55. The predicted molar refractivity (Wildman–Crippen MR) is 69.5 cm³/mol. The molecule has 0 spiro atoms. The number of hydrogen-bond acceptors (Lipinski definition) is 5. The summed E-state index contributed by atoms with van der Waals surface area (Å²) in [5.74, 6) is 0.331. The second-order valence-corrected chi connectivity index (χ2v) is 4.28. The van der Waals surface area contributed by atoms with E-state index >= 15 is 0 Å². The zero-order valence-corrected chi connectivity index (χ0v) is 11.2. The molecule has 0 unspecified atom stereocenters. The summed E-state index contributed by atoms with van der Waals surface area (Å²) >= 11 is 0. The van der Waals surface area contributed by atoms with Crippen molar-refractivity contribution in [1.82, 2.24) is 20.3 Å². The molecule has 0 saturated carbocycles. The maximum absolute atomic E-state index is 12.1. The Hall–Kier alpha value is -2.31. The quantitative estimate of drug-likeness (QED) is 0.858. The highest BCUT2D eigenvalue weighted by Gasteiger charge is 2.19. The fourth-order valence-electron chi connectivity index (χ4n) is 1.81. The zero-order chi connectivity index (χ0) is 14.0. The summed E-state index contributed by atoms with van der Waals surface area (Å²) in [6.07, 6.45) is 0. The molecule has 102 valence electrons. The van der Waals surface area contributed by atoms with Crippen LogP contribution in [-0.4, -0.2) is 20.8 Å². The molecule has 2 aromatic rings. The molecule has 0 radical (unpaired) electrons. The van der Waals surface area contributed by atoms with E-state index in [0.717, 1.165) is 5.69 Å². The number of nitrogens with two attached hydrogens (primary N) is 1. The van der Waals surface area contributed by atoms with Crippen molar-refractivity contribution >= 4 is 11.6 Å². The number of carbonyl (C=O) groups is 1. The van der Waals surface area contributed by atoms with Crippen molar-refractivity contribution in [3.8, 4) is 0 Å². The van der Waals surface area contributed by atoms with Crippen LogP contribution in [0, 0.1) is 13.8 Å². The van der Waals surface area contributed by atoms with Crippen LogP contribution in [0.15, 0.2) is 10.6 Å². The van der Waals surface area contributed by atoms with Crippen molar-refractivity contribution < 1.29 is 9.32 Å². The number of aryl methyl sites for hydroxylation is 3. The molecule has 2 aromatic heterocycles. The number of anilines is 1. The lowest BCUT2D eigenvalue weighted by molar-refractivity contribution is 0.0937. The minimum Gasteiger partial charge on any atom is -0.395 e. The molecule has 0 aromatic carbocycles. The van der Waals surface area contributed by atoms with Crippen LogP contribution in [0.5, 0.6) is 0 Å². The van der Waals surface area contributed by atoms with Gasteiger partial charge in [0.25, 0.3) is 5.91 Å². The molecular formula is C12H17N5O2. The molecule has 0 saturated heterocycles. The fraction of sp³-hybridized carbons (Fsp3) is 0.417. The number of nitrogens with one attached hydrogen (secondary N) is 1. The normalized spacial score (nSPS) is 10.7. The number of amides is 1. The number of rotatable bonds is 4. The summed E-state index contributed by atoms with van der Waals surface area (Å²) < 4.78 is 6.61. The zero-order valence-electron chi connectivity index (χ0n) is 11.2. The average Bonchev–Trinajstić information content (AvgIpc) is 2.92. The molecule has 0 aliphatic rings. The molecule has 2 rings (SSSR count). The number of nitrogens with zero attached hydrogens (tertiary/aromatic N) is 3. The second-order valence-electron chi connectivity index (χ2n) is 4.28. The first-order chi connectivity index (χ1) is 9.02. The topological polar surface area (TPSA) is 99.0 Å². The van der Waals surface area contributed by atoms with E-state index in [-0.39, 0.29) is 12.5 Å². The predicted octanol–water partition coefficient (Wildman–Crippen LogP) is 1.02. The van der Waals surface area contributed by atoms with Gasteiger partial charge in [0.1, 0.15) is 5.69 Å². The van der Waals surface area contributed by atoms with Gasteiger partial charge in [-0.1, -0.05) is 5.16 Å². The van der Waals surface area contributed by atoms with Gasteiger partial charge >= 0.3 is 0 Å². The van der Waals surface area contributed by atoms with Crippen molar-refractivity contribution in [3.05, 3.63) is 28.9 Å². The van der Waals surface area contributed by atoms with Crippen molar-refractivity contribution in [2.24, 2.45) is 0 Å². The van der Waals surface area contributed by atoms with E-state index in [4.69, 9.17) is 10.3 Å². The van der Waals surface area contributed by atoms with Gasteiger partial charge in [-0.3, -0.25) is 9.48 Å². The molecule has 0 aliphatic carbocycles. The maximum atomic E-state index is 12.1. The van der Waals surface area contributed by atoms with E-state index in [9.17, 15) is 4.79 Å². The first-order valence-corrected chi connectivity index (χ1v) is 6.06. The molecule has 2 heterocycles. The molecule has 19 heavy (non-hydrogen) atoms. The average molecular weight is 263 g/mol. The van der Waals surface area contributed by atoms with Crippen LogP contribution in [0.25, 0.3) is 0 Å². The summed E-state index contributed by atoms with van der Waals surface area (Å²) in [6.45, 7) is 6.36. The van der Waals surface area contributed by atoms with E-state index in [0.29, 0.717) is 29.4 Å². The molecule has 0 bridgehead atoms. The highest BCUT2D eigenvalue weighted by molar-refractivity contribution is 5.97. The Labute approximate surface area is 110 Å². The van der Waals surface area contributed by atoms with E-state index in [1.165, 1.54) is 0 Å². The molecule has 0 fully saturated rings. The van der Waals surface area contributed by atoms with E-state index < -0.39 is 0 Å². The molecule has 7 nitrogen and oxygen atoms in total. The SMILES string of the molecule is CCn1nc(C)c(N)c1C(=O)NCc1cc(C)no1. The molecule has 0 atom stereocenters. The third-order valence-electron chi connectivity index (χ3n) is 2.79. The third-order valence-corrected chi connectivity index (χ3v) is 2.79. The van der Waals surface area contributed by atoms with Crippen molar-refractivity contribution in [2.45, 2.75) is 33.9 Å². The fourth-order valence-corrected chi connectivity index (χ4v) is 1.81. The lowest BCUT2D eigenvalue weighted by atomic mass is 10.3. The van der Waals surface area contributed by atoms with Gasteiger partial charge in [-0.15, -0.1) is 0 Å². The van der Waals surface area contributed by atoms with Crippen LogP contribution in [0.3, 0.4) is 0 Å². The first kappa shape index (κ1) is 13.1. The number of carbonyl (C=O) groups excluding carboxylic acids is 1. The van der Waals surface area contributed by atoms with Crippen LogP contribution in [0.2, 0.25) is 0 Å². The largest absolute Gasteiger partial charge is 0.395 e. The van der Waals surface area contributed by atoms with Crippen LogP contribution in [0.1, 0.15) is 34.6 Å². The van der Waals surface area contributed by atoms with Crippen LogP contribution in [0.4, 0.5) is 5.69 Å². The van der Waals surface area contributed by atoms with Gasteiger partial charge in [0.2, 0.25) is 0 Å². The van der Waals surface area contributed by atoms with Gasteiger partial charge in [0.15, 0.2) is 5.76 Å². The van der Waals surface area contributed by atoms with Gasteiger partial charge in [0.05, 0.1) is 23.6 Å². The van der Waals surface area contributed by atoms with Gasteiger partial charge in [0, 0.05) is 12.6 Å². The summed E-state index contributed by atoms with van der Waals surface area (Å²) in [5.41, 5.74) is 8.10. The summed E-state index contributed by atoms with van der Waals surface area (Å²) in [6, 6.07) is 1.77. The summed E-state index contributed by atoms with van der Waals surface area (Å²) in [7, 11) is 0. The van der Waals surface area contributed by atoms with Crippen molar-refractivity contribution in [1.29, 1.82) is 0 Å². The van der Waals surface area contributed by atoms with Gasteiger partial charge in [-0.2, -0.15) is 5.10 Å². The lowest BCUT2D eigenvalue weighted by Crippen LogP contribution is -2.26. The van der Waals surface area contributed by atoms with Gasteiger partial charge in [-0.05, 0) is 20.8 Å². The summed E-state index contributed by atoms with van der Waals surface area (Å²) in [4.78, 5) is 12.1. The third kappa shape index (κ3) is 2.59. The van der Waals surface area contributed by atoms with Gasteiger partial charge < -0.3 is 15.6 Å². The maximum Gasteiger partial charge on any atom is 0.272 e. The number of nitrogen functional groups attached to an aromatic ring is 1. The van der Waals surface area contributed by atoms with E-state index in [2.05, 4.69) is 15.6 Å². The molecule has 3 N–H and O–H groups in total. The Bertz CT molecular complexity index is 599. The number of aromatic nitrogens is 3. The first-order valence-electron chi connectivity index (χ1n) is 6.06. The second kappa shape index (κ2) is 5.13. The Morgan fingerprint density at radius 1 is 1.53 bits per heavy atom. The highest BCUT2D eigenvalue weighted by atomic mass is 16.5. The minimum absolute atomic E-state index is 0.269. The standard InChI is InChI=1S/C12H17N5O2/c1-4-17-11(10(13)8(3)15-17)12(18)14-6-9-5-7(2)16-19-9/h5H,4,6,13H2,1-3H3,(H,14,18). The Morgan fingerprint density at radius 2 is 2.26 bits per heavy atom.